The van der Waals surface area contributed by atoms with Crippen molar-refractivity contribution in [2.45, 2.75) is 44.8 Å². The Morgan fingerprint density at radius 3 is 3.05 bits per heavy atom. The molecule has 1 heterocycles. The van der Waals surface area contributed by atoms with Gasteiger partial charge < -0.3 is 10.4 Å². The van der Waals surface area contributed by atoms with E-state index in [1.54, 1.807) is 13.0 Å². The first-order valence-electron chi connectivity index (χ1n) is 7.32. The van der Waals surface area contributed by atoms with Gasteiger partial charge in [0.25, 0.3) is 0 Å². The second-order valence-electron chi connectivity index (χ2n) is 6.13. The highest BCUT2D eigenvalue weighted by molar-refractivity contribution is 5.25. The predicted molar refractivity (Wildman–Crippen MR) is 73.3 cm³/mol. The second-order valence-corrected chi connectivity index (χ2v) is 6.13. The molecule has 2 aliphatic rings. The molecule has 0 aromatic heterocycles. The van der Waals surface area contributed by atoms with Crippen molar-refractivity contribution in [3.05, 3.63) is 35.1 Å². The lowest BCUT2D eigenvalue weighted by Gasteiger charge is -2.22. The summed E-state index contributed by atoms with van der Waals surface area (Å²) in [4.78, 5) is 0. The van der Waals surface area contributed by atoms with Crippen LogP contribution in [0.15, 0.2) is 18.2 Å². The Bertz CT molecular complexity index is 462. The fraction of sp³-hybridized carbons (Fsp3) is 0.625. The summed E-state index contributed by atoms with van der Waals surface area (Å²) in [5.41, 5.74) is 1.33. The smallest absolute Gasteiger partial charge is 0.126 e. The number of fused-ring (bicyclic) bond motifs is 1. The molecule has 0 amide bonds. The number of nitrogens with one attached hydrogen (secondary N) is 1. The van der Waals surface area contributed by atoms with Gasteiger partial charge in [-0.2, -0.15) is 0 Å². The van der Waals surface area contributed by atoms with Gasteiger partial charge in [-0.1, -0.05) is 18.6 Å². The molecule has 2 N–H and O–H groups in total. The number of rotatable bonds is 3. The van der Waals surface area contributed by atoms with E-state index in [0.717, 1.165) is 12.5 Å². The van der Waals surface area contributed by atoms with Crippen molar-refractivity contribution in [3.63, 3.8) is 0 Å². The third-order valence-corrected chi connectivity index (χ3v) is 4.93. The molecular formula is C16H22FNO. The molecule has 1 aromatic rings. The first-order chi connectivity index (χ1) is 9.15. The van der Waals surface area contributed by atoms with Crippen molar-refractivity contribution in [2.24, 2.45) is 11.8 Å². The molecule has 1 aliphatic heterocycles. The molecule has 2 fully saturated rings. The number of halogens is 1. The van der Waals surface area contributed by atoms with Crippen LogP contribution in [0.25, 0.3) is 0 Å². The van der Waals surface area contributed by atoms with Crippen LogP contribution in [-0.4, -0.2) is 17.7 Å². The van der Waals surface area contributed by atoms with E-state index in [9.17, 15) is 9.50 Å². The number of hydrogen-bond donors (Lipinski definition) is 2. The van der Waals surface area contributed by atoms with Crippen LogP contribution >= 0.6 is 0 Å². The van der Waals surface area contributed by atoms with E-state index in [-0.39, 0.29) is 5.82 Å². The normalized spacial score (nSPS) is 31.4. The molecule has 0 bridgehead atoms. The topological polar surface area (TPSA) is 32.3 Å². The van der Waals surface area contributed by atoms with Gasteiger partial charge in [-0.25, -0.2) is 4.39 Å². The molecule has 3 rings (SSSR count). The third kappa shape index (κ3) is 2.54. The summed E-state index contributed by atoms with van der Waals surface area (Å²) < 4.78 is 13.5. The zero-order valence-electron chi connectivity index (χ0n) is 11.4. The number of aliphatic hydroxyl groups is 1. The average Bonchev–Trinajstić information content (AvgIpc) is 2.97. The van der Waals surface area contributed by atoms with E-state index in [0.29, 0.717) is 29.5 Å². The molecule has 1 saturated heterocycles. The highest BCUT2D eigenvalue weighted by Crippen LogP contribution is 2.40. The summed E-state index contributed by atoms with van der Waals surface area (Å²) in [7, 11) is 0. The van der Waals surface area contributed by atoms with Crippen LogP contribution in [0.3, 0.4) is 0 Å². The minimum atomic E-state index is -0.563. The van der Waals surface area contributed by atoms with Crippen molar-refractivity contribution < 1.29 is 9.50 Å². The summed E-state index contributed by atoms with van der Waals surface area (Å²) in [5, 5.41) is 13.8. The summed E-state index contributed by atoms with van der Waals surface area (Å²) in [5.74, 6) is 1.28. The van der Waals surface area contributed by atoms with Crippen LogP contribution < -0.4 is 5.32 Å². The Labute approximate surface area is 114 Å². The van der Waals surface area contributed by atoms with Gasteiger partial charge in [0.05, 0.1) is 6.10 Å². The Kier molecular flexibility index (Phi) is 3.59. The lowest BCUT2D eigenvalue weighted by Crippen LogP contribution is -2.28. The van der Waals surface area contributed by atoms with Gasteiger partial charge >= 0.3 is 0 Å². The van der Waals surface area contributed by atoms with Crippen molar-refractivity contribution in [3.8, 4) is 0 Å². The number of benzene rings is 1. The maximum Gasteiger partial charge on any atom is 0.126 e. The van der Waals surface area contributed by atoms with Crippen molar-refractivity contribution >= 4 is 0 Å². The highest BCUT2D eigenvalue weighted by Gasteiger charge is 2.39. The predicted octanol–water partition coefficient (Wildman–Crippen LogP) is 2.95. The summed E-state index contributed by atoms with van der Waals surface area (Å²) in [6.07, 6.45) is 4.06. The summed E-state index contributed by atoms with van der Waals surface area (Å²) >= 11 is 0. The van der Waals surface area contributed by atoms with Gasteiger partial charge in [0, 0.05) is 6.04 Å². The standard InChI is InChI=1S/C16H22FNO/c1-10-5-6-11(7-14(10)17)16(19)8-15-13-4-2-3-12(13)9-18-15/h5-7,12-13,15-16,18-19H,2-4,8-9H2,1H3. The number of hydrogen-bond acceptors (Lipinski definition) is 2. The Hall–Kier alpha value is -0.930. The van der Waals surface area contributed by atoms with Crippen LogP contribution in [0.2, 0.25) is 0 Å². The number of aryl methyl sites for hydroxylation is 1. The van der Waals surface area contributed by atoms with E-state index < -0.39 is 6.10 Å². The Morgan fingerprint density at radius 2 is 2.26 bits per heavy atom. The Balaban J connectivity index is 1.67. The quantitative estimate of drug-likeness (QED) is 0.878. The van der Waals surface area contributed by atoms with Crippen LogP contribution in [0.1, 0.15) is 42.9 Å². The van der Waals surface area contributed by atoms with E-state index in [1.807, 2.05) is 6.07 Å². The monoisotopic (exact) mass is 263 g/mol. The minimum absolute atomic E-state index is 0.227. The van der Waals surface area contributed by atoms with Gasteiger partial charge in [0.15, 0.2) is 0 Å². The van der Waals surface area contributed by atoms with Gasteiger partial charge in [-0.3, -0.25) is 0 Å². The third-order valence-electron chi connectivity index (χ3n) is 4.93. The average molecular weight is 263 g/mol. The molecule has 3 heteroatoms. The van der Waals surface area contributed by atoms with Gasteiger partial charge in [0.1, 0.15) is 5.82 Å². The fourth-order valence-electron chi connectivity index (χ4n) is 3.75. The van der Waals surface area contributed by atoms with Crippen LogP contribution in [0, 0.1) is 24.6 Å². The minimum Gasteiger partial charge on any atom is -0.388 e. The van der Waals surface area contributed by atoms with E-state index in [1.165, 1.54) is 25.3 Å². The van der Waals surface area contributed by atoms with Gasteiger partial charge in [-0.15, -0.1) is 0 Å². The molecule has 2 nitrogen and oxygen atoms in total. The summed E-state index contributed by atoms with van der Waals surface area (Å²) in [6.45, 7) is 2.83. The Morgan fingerprint density at radius 1 is 1.42 bits per heavy atom. The largest absolute Gasteiger partial charge is 0.388 e. The van der Waals surface area contributed by atoms with Crippen molar-refractivity contribution in [1.29, 1.82) is 0 Å². The second kappa shape index (κ2) is 5.22. The molecule has 0 radical (unpaired) electrons. The number of aliphatic hydroxyl groups excluding tert-OH is 1. The van der Waals surface area contributed by atoms with E-state index >= 15 is 0 Å². The zero-order chi connectivity index (χ0) is 13.4. The van der Waals surface area contributed by atoms with E-state index in [4.69, 9.17) is 0 Å². The molecule has 4 unspecified atom stereocenters. The molecule has 1 aromatic carbocycles. The van der Waals surface area contributed by atoms with Crippen LogP contribution in [-0.2, 0) is 0 Å². The SMILES string of the molecule is Cc1ccc(C(O)CC2NCC3CCCC32)cc1F. The molecule has 104 valence electrons. The van der Waals surface area contributed by atoms with Gasteiger partial charge in [-0.05, 0) is 61.8 Å². The highest BCUT2D eigenvalue weighted by atomic mass is 19.1. The van der Waals surface area contributed by atoms with Crippen molar-refractivity contribution in [1.82, 2.24) is 5.32 Å². The van der Waals surface area contributed by atoms with Crippen LogP contribution in [0.4, 0.5) is 4.39 Å². The molecule has 4 atom stereocenters. The van der Waals surface area contributed by atoms with Crippen LogP contribution in [0.5, 0.6) is 0 Å². The lowest BCUT2D eigenvalue weighted by molar-refractivity contribution is 0.144. The molecule has 19 heavy (non-hydrogen) atoms. The maximum atomic E-state index is 13.5. The van der Waals surface area contributed by atoms with Gasteiger partial charge in [0.2, 0.25) is 0 Å². The first kappa shape index (κ1) is 13.1. The molecule has 1 aliphatic carbocycles. The van der Waals surface area contributed by atoms with Crippen molar-refractivity contribution in [2.75, 3.05) is 6.54 Å². The molecule has 1 saturated carbocycles. The fourth-order valence-corrected chi connectivity index (χ4v) is 3.75. The molecular weight excluding hydrogens is 241 g/mol. The molecule has 0 spiro atoms. The summed E-state index contributed by atoms with van der Waals surface area (Å²) in [6, 6.07) is 5.45. The first-order valence-corrected chi connectivity index (χ1v) is 7.32. The lowest BCUT2D eigenvalue weighted by atomic mass is 9.89. The zero-order valence-corrected chi connectivity index (χ0v) is 11.4. The maximum absolute atomic E-state index is 13.5. The van der Waals surface area contributed by atoms with E-state index in [2.05, 4.69) is 5.32 Å².